The average Bonchev–Trinajstić information content (AvgIpc) is 3.05. The Labute approximate surface area is 137 Å². The summed E-state index contributed by atoms with van der Waals surface area (Å²) < 4.78 is 1.46. The van der Waals surface area contributed by atoms with Gasteiger partial charge in [-0.3, -0.25) is 9.78 Å². The Morgan fingerprint density at radius 3 is 2.67 bits per heavy atom. The van der Waals surface area contributed by atoms with Crippen molar-refractivity contribution in [1.82, 2.24) is 24.7 Å². The van der Waals surface area contributed by atoms with Gasteiger partial charge in [-0.05, 0) is 30.3 Å². The molecule has 24 heavy (non-hydrogen) atoms. The summed E-state index contributed by atoms with van der Waals surface area (Å²) in [7, 11) is 0. The van der Waals surface area contributed by atoms with Gasteiger partial charge in [0.05, 0.1) is 23.3 Å². The lowest BCUT2D eigenvalue weighted by Crippen LogP contribution is -2.23. The van der Waals surface area contributed by atoms with Crippen LogP contribution in [0.4, 0.5) is 0 Å². The summed E-state index contributed by atoms with van der Waals surface area (Å²) in [5.74, 6) is 0.841. The van der Waals surface area contributed by atoms with E-state index >= 15 is 0 Å². The monoisotopic (exact) mass is 317 g/mol. The fraction of sp³-hybridized carbons (Fsp3) is 0.111. The Morgan fingerprint density at radius 1 is 0.958 bits per heavy atom. The van der Waals surface area contributed by atoms with E-state index in [1.54, 1.807) is 12.3 Å². The fourth-order valence-electron chi connectivity index (χ4n) is 2.60. The third-order valence-corrected chi connectivity index (χ3v) is 3.79. The normalized spacial score (nSPS) is 11.0. The third-order valence-electron chi connectivity index (χ3n) is 3.79. The highest BCUT2D eigenvalue weighted by molar-refractivity contribution is 5.74. The molecule has 118 valence electrons. The zero-order valence-electron chi connectivity index (χ0n) is 12.9. The molecule has 4 rings (SSSR count). The number of fused-ring (bicyclic) bond motifs is 1. The van der Waals surface area contributed by atoms with Gasteiger partial charge in [-0.2, -0.15) is 5.10 Å². The number of para-hydroxylation sites is 2. The van der Waals surface area contributed by atoms with Crippen molar-refractivity contribution in [3.63, 3.8) is 0 Å². The van der Waals surface area contributed by atoms with Crippen LogP contribution in [0.3, 0.4) is 0 Å². The van der Waals surface area contributed by atoms with Crippen molar-refractivity contribution >= 4 is 11.0 Å². The first-order chi connectivity index (χ1) is 11.8. The number of nitrogens with one attached hydrogen (secondary N) is 1. The van der Waals surface area contributed by atoms with E-state index < -0.39 is 0 Å². The van der Waals surface area contributed by atoms with E-state index in [1.165, 1.54) is 10.7 Å². The second kappa shape index (κ2) is 6.08. The number of aromatic amines is 1. The molecule has 6 nitrogen and oxygen atoms in total. The van der Waals surface area contributed by atoms with Crippen LogP contribution >= 0.6 is 0 Å². The van der Waals surface area contributed by atoms with Crippen molar-refractivity contribution in [3.05, 3.63) is 77.0 Å². The number of imidazole rings is 1. The van der Waals surface area contributed by atoms with Crippen molar-refractivity contribution < 1.29 is 0 Å². The minimum atomic E-state index is -0.134. The van der Waals surface area contributed by atoms with Gasteiger partial charge >= 0.3 is 0 Å². The molecule has 0 atom stereocenters. The predicted molar refractivity (Wildman–Crippen MR) is 91.5 cm³/mol. The van der Waals surface area contributed by atoms with E-state index in [0.29, 0.717) is 18.7 Å². The molecule has 3 aromatic heterocycles. The summed E-state index contributed by atoms with van der Waals surface area (Å²) in [6, 6.07) is 16.7. The lowest BCUT2D eigenvalue weighted by atomic mass is 10.2. The Bertz CT molecular complexity index is 1000. The summed E-state index contributed by atoms with van der Waals surface area (Å²) in [6.45, 7) is 0.458. The van der Waals surface area contributed by atoms with E-state index in [9.17, 15) is 4.79 Å². The van der Waals surface area contributed by atoms with Crippen LogP contribution < -0.4 is 5.56 Å². The molecule has 0 amide bonds. The van der Waals surface area contributed by atoms with Crippen LogP contribution in [0.15, 0.2) is 65.6 Å². The molecule has 0 radical (unpaired) electrons. The van der Waals surface area contributed by atoms with Crippen LogP contribution in [0, 0.1) is 0 Å². The van der Waals surface area contributed by atoms with Crippen LogP contribution in [-0.4, -0.2) is 24.7 Å². The molecule has 1 N–H and O–H groups in total. The van der Waals surface area contributed by atoms with Crippen molar-refractivity contribution in [2.24, 2.45) is 0 Å². The first-order valence-corrected chi connectivity index (χ1v) is 7.73. The molecular weight excluding hydrogens is 302 g/mol. The van der Waals surface area contributed by atoms with E-state index in [-0.39, 0.29) is 5.56 Å². The second-order valence-corrected chi connectivity index (χ2v) is 5.45. The lowest BCUT2D eigenvalue weighted by Gasteiger charge is -2.05. The van der Waals surface area contributed by atoms with Gasteiger partial charge in [-0.15, -0.1) is 0 Å². The van der Waals surface area contributed by atoms with Gasteiger partial charge in [-0.25, -0.2) is 9.67 Å². The maximum Gasteiger partial charge on any atom is 0.266 e. The van der Waals surface area contributed by atoms with Crippen LogP contribution in [0.2, 0.25) is 0 Å². The number of benzene rings is 1. The summed E-state index contributed by atoms with van der Waals surface area (Å²) in [5.41, 5.74) is 3.21. The average molecular weight is 317 g/mol. The smallest absolute Gasteiger partial charge is 0.266 e. The number of nitrogens with zero attached hydrogens (tertiary/aromatic N) is 4. The number of aryl methyl sites for hydroxylation is 2. The molecule has 0 aliphatic heterocycles. The lowest BCUT2D eigenvalue weighted by molar-refractivity contribution is 0.571. The zero-order valence-corrected chi connectivity index (χ0v) is 12.9. The fourth-order valence-corrected chi connectivity index (χ4v) is 2.60. The van der Waals surface area contributed by atoms with Gasteiger partial charge < -0.3 is 4.98 Å². The topological polar surface area (TPSA) is 76.5 Å². The van der Waals surface area contributed by atoms with Crippen LogP contribution in [0.1, 0.15) is 5.82 Å². The first kappa shape index (κ1) is 14.3. The summed E-state index contributed by atoms with van der Waals surface area (Å²) in [6.07, 6.45) is 2.31. The number of hydrogen-bond acceptors (Lipinski definition) is 4. The second-order valence-electron chi connectivity index (χ2n) is 5.45. The summed E-state index contributed by atoms with van der Waals surface area (Å²) in [4.78, 5) is 24.1. The molecule has 0 saturated carbocycles. The highest BCUT2D eigenvalue weighted by Crippen LogP contribution is 2.12. The molecule has 0 aliphatic rings. The summed E-state index contributed by atoms with van der Waals surface area (Å²) >= 11 is 0. The minimum Gasteiger partial charge on any atom is -0.342 e. The Hall–Kier alpha value is -3.28. The molecule has 4 aromatic rings. The van der Waals surface area contributed by atoms with Gasteiger partial charge in [0.15, 0.2) is 0 Å². The molecular formula is C18H15N5O. The highest BCUT2D eigenvalue weighted by Gasteiger charge is 2.06. The molecule has 6 heteroatoms. The predicted octanol–water partition coefficient (Wildman–Crippen LogP) is 2.42. The summed E-state index contributed by atoms with van der Waals surface area (Å²) in [5, 5.41) is 4.41. The first-order valence-electron chi connectivity index (χ1n) is 7.73. The number of rotatable bonds is 4. The number of aromatic nitrogens is 5. The maximum atomic E-state index is 12.0. The van der Waals surface area contributed by atoms with Crippen molar-refractivity contribution in [1.29, 1.82) is 0 Å². The van der Waals surface area contributed by atoms with Crippen LogP contribution in [-0.2, 0) is 13.0 Å². The number of H-pyrrole nitrogens is 1. The van der Waals surface area contributed by atoms with Gasteiger partial charge in [0.1, 0.15) is 11.5 Å². The van der Waals surface area contributed by atoms with Crippen LogP contribution in [0.25, 0.3) is 22.4 Å². The van der Waals surface area contributed by atoms with E-state index in [2.05, 4.69) is 20.1 Å². The van der Waals surface area contributed by atoms with Gasteiger partial charge in [0.25, 0.3) is 5.56 Å². The van der Waals surface area contributed by atoms with Crippen molar-refractivity contribution in [2.75, 3.05) is 0 Å². The van der Waals surface area contributed by atoms with Gasteiger partial charge in [0, 0.05) is 18.7 Å². The molecule has 0 aliphatic carbocycles. The number of hydrogen-bond donors (Lipinski definition) is 1. The van der Waals surface area contributed by atoms with E-state index in [0.717, 1.165) is 22.6 Å². The molecule has 0 saturated heterocycles. The van der Waals surface area contributed by atoms with Crippen molar-refractivity contribution in [3.8, 4) is 11.4 Å². The van der Waals surface area contributed by atoms with E-state index in [4.69, 9.17) is 0 Å². The number of pyridine rings is 1. The standard InChI is InChI=1S/C18H15N5O/c24-18-9-8-16(13-5-3-4-11-19-13)22-23(18)12-10-17-20-14-6-1-2-7-15(14)21-17/h1-9,11H,10,12H2,(H,20,21). The van der Waals surface area contributed by atoms with Gasteiger partial charge in [0.2, 0.25) is 0 Å². The molecule has 0 fully saturated rings. The molecule has 0 bridgehead atoms. The molecule has 0 spiro atoms. The van der Waals surface area contributed by atoms with Crippen LogP contribution in [0.5, 0.6) is 0 Å². The highest BCUT2D eigenvalue weighted by atomic mass is 16.1. The third kappa shape index (κ3) is 2.81. The SMILES string of the molecule is O=c1ccc(-c2ccccn2)nn1CCc1nc2ccccc2[nH]1. The largest absolute Gasteiger partial charge is 0.342 e. The molecule has 0 unspecified atom stereocenters. The Kier molecular flexibility index (Phi) is 3.63. The molecule has 1 aromatic carbocycles. The Balaban J connectivity index is 1.59. The van der Waals surface area contributed by atoms with Gasteiger partial charge in [-0.1, -0.05) is 18.2 Å². The maximum absolute atomic E-state index is 12.0. The van der Waals surface area contributed by atoms with E-state index in [1.807, 2.05) is 42.5 Å². The quantitative estimate of drug-likeness (QED) is 0.627. The minimum absolute atomic E-state index is 0.134. The zero-order chi connectivity index (χ0) is 16.4. The van der Waals surface area contributed by atoms with Crippen molar-refractivity contribution in [2.45, 2.75) is 13.0 Å². The Morgan fingerprint density at radius 2 is 1.83 bits per heavy atom. The molecule has 3 heterocycles.